The summed E-state index contributed by atoms with van der Waals surface area (Å²) in [7, 11) is 0. The molecule has 8 rings (SSSR count). The van der Waals surface area contributed by atoms with Gasteiger partial charge in [-0.15, -0.1) is 0 Å². The van der Waals surface area contributed by atoms with Crippen LogP contribution >= 0.6 is 0 Å². The number of carbonyl (C=O) groups excluding carboxylic acids is 3. The zero-order chi connectivity index (χ0) is 37.5. The number of hydrogen-bond acceptors (Lipinski definition) is 7. The van der Waals surface area contributed by atoms with Gasteiger partial charge in [0.05, 0.1) is 0 Å². The molecule has 4 aromatic carbocycles. The maximum Gasteiger partial charge on any atom is 0.161 e. The third-order valence-electron chi connectivity index (χ3n) is 10.3. The minimum atomic E-state index is -0.319. The van der Waals surface area contributed by atoms with Crippen molar-refractivity contribution in [1.82, 2.24) is 9.97 Å². The molecule has 0 N–H and O–H groups in total. The molecule has 0 aliphatic heterocycles. The number of pyridine rings is 2. The van der Waals surface area contributed by atoms with Crippen LogP contribution in [0.2, 0.25) is 0 Å². The van der Waals surface area contributed by atoms with Gasteiger partial charge in [0.2, 0.25) is 0 Å². The van der Waals surface area contributed by atoms with E-state index < -0.39 is 0 Å². The van der Waals surface area contributed by atoms with Gasteiger partial charge in [-0.05, 0) is 48.2 Å². The number of ketones is 3. The number of furan rings is 2. The van der Waals surface area contributed by atoms with Crippen molar-refractivity contribution in [1.29, 1.82) is 0 Å². The molecule has 4 heterocycles. The van der Waals surface area contributed by atoms with E-state index in [1.807, 2.05) is 135 Å². The van der Waals surface area contributed by atoms with Gasteiger partial charge in [0.25, 0.3) is 0 Å². The lowest BCUT2D eigenvalue weighted by Crippen LogP contribution is -2.16. The summed E-state index contributed by atoms with van der Waals surface area (Å²) in [5.41, 5.74) is 11.5. The van der Waals surface area contributed by atoms with Gasteiger partial charge in [-0.1, -0.05) is 111 Å². The van der Waals surface area contributed by atoms with Crippen molar-refractivity contribution in [3.8, 4) is 44.9 Å². The average Bonchev–Trinajstić information content (AvgIpc) is 3.86. The second-order valence-corrected chi connectivity index (χ2v) is 13.7. The second kappa shape index (κ2) is 14.0. The molecule has 7 nitrogen and oxygen atoms in total. The van der Waals surface area contributed by atoms with Crippen molar-refractivity contribution in [2.45, 2.75) is 39.5 Å². The van der Waals surface area contributed by atoms with Crippen molar-refractivity contribution in [2.24, 2.45) is 0 Å². The van der Waals surface area contributed by atoms with E-state index >= 15 is 0 Å². The molecule has 4 aromatic heterocycles. The van der Waals surface area contributed by atoms with Crippen molar-refractivity contribution in [3.63, 3.8) is 0 Å². The van der Waals surface area contributed by atoms with Gasteiger partial charge in [0.15, 0.2) is 22.7 Å². The number of benzene rings is 4. The van der Waals surface area contributed by atoms with Crippen LogP contribution in [0.1, 0.15) is 71.4 Å². The first-order chi connectivity index (χ1) is 26.1. The van der Waals surface area contributed by atoms with Gasteiger partial charge in [0.1, 0.15) is 28.3 Å². The molecule has 0 radical (unpaired) electrons. The first kappa shape index (κ1) is 34.4. The normalized spacial score (nSPS) is 12.5. The number of Topliss-reactive ketones (excluding diaryl/α,β-unsaturated/α-hetero) is 3. The Bertz CT molecular complexity index is 2500. The molecule has 0 aliphatic carbocycles. The highest BCUT2D eigenvalue weighted by Crippen LogP contribution is 2.37. The van der Waals surface area contributed by atoms with Crippen LogP contribution < -0.4 is 0 Å². The third-order valence-corrected chi connectivity index (χ3v) is 10.3. The molecule has 0 saturated heterocycles. The van der Waals surface area contributed by atoms with Crippen LogP contribution in [0.15, 0.2) is 143 Å². The fourth-order valence-corrected chi connectivity index (χ4v) is 6.96. The Morgan fingerprint density at radius 3 is 1.19 bits per heavy atom. The van der Waals surface area contributed by atoms with Crippen LogP contribution in [-0.2, 0) is 4.79 Å². The zero-order valence-electron chi connectivity index (χ0n) is 30.3. The molecule has 2 unspecified atom stereocenters. The summed E-state index contributed by atoms with van der Waals surface area (Å²) in [5.74, 6) is 0.897. The number of hydrogen-bond donors (Lipinski definition) is 0. The Morgan fingerprint density at radius 1 is 0.481 bits per heavy atom. The summed E-state index contributed by atoms with van der Waals surface area (Å²) in [6, 6.07) is 38.5. The summed E-state index contributed by atoms with van der Waals surface area (Å²) in [6.45, 7) is 7.01. The molecular formula is C47H36N2O5. The summed E-state index contributed by atoms with van der Waals surface area (Å²) in [4.78, 5) is 46.3. The fourth-order valence-electron chi connectivity index (χ4n) is 6.96. The van der Waals surface area contributed by atoms with Gasteiger partial charge in [-0.3, -0.25) is 24.4 Å². The van der Waals surface area contributed by atoms with Gasteiger partial charge >= 0.3 is 0 Å². The van der Waals surface area contributed by atoms with Crippen molar-refractivity contribution in [2.75, 3.05) is 0 Å². The molecule has 0 saturated carbocycles. The fraction of sp³-hybridized carbons (Fsp3) is 0.128. The summed E-state index contributed by atoms with van der Waals surface area (Å²) >= 11 is 0. The van der Waals surface area contributed by atoms with E-state index in [4.69, 9.17) is 8.83 Å². The largest absolute Gasteiger partial charge is 0.454 e. The van der Waals surface area contributed by atoms with E-state index in [-0.39, 0.29) is 29.2 Å². The van der Waals surface area contributed by atoms with Gasteiger partial charge in [-0.25, -0.2) is 0 Å². The number of aromatic nitrogens is 2. The highest BCUT2D eigenvalue weighted by Gasteiger charge is 2.24. The van der Waals surface area contributed by atoms with E-state index in [1.165, 1.54) is 0 Å². The minimum absolute atomic E-state index is 0.0225. The Kier molecular flexibility index (Phi) is 8.91. The molecule has 0 bridgehead atoms. The van der Waals surface area contributed by atoms with Gasteiger partial charge in [-0.2, -0.15) is 0 Å². The highest BCUT2D eigenvalue weighted by atomic mass is 16.3. The minimum Gasteiger partial charge on any atom is -0.454 e. The van der Waals surface area contributed by atoms with E-state index in [9.17, 15) is 14.4 Å². The number of carbonyl (C=O) groups is 3. The third kappa shape index (κ3) is 6.45. The van der Waals surface area contributed by atoms with Crippen LogP contribution in [0.25, 0.3) is 67.1 Å². The molecule has 7 heteroatoms. The molecule has 0 amide bonds. The smallest absolute Gasteiger partial charge is 0.161 e. The topological polar surface area (TPSA) is 103 Å². The second-order valence-electron chi connectivity index (χ2n) is 13.7. The maximum atomic E-state index is 13.8. The van der Waals surface area contributed by atoms with E-state index in [0.29, 0.717) is 33.8 Å². The summed E-state index contributed by atoms with van der Waals surface area (Å²) in [5, 5.41) is 0. The Labute approximate surface area is 312 Å². The van der Waals surface area contributed by atoms with Gasteiger partial charge in [0, 0.05) is 69.7 Å². The molecule has 0 aliphatic rings. The Morgan fingerprint density at radius 2 is 0.833 bits per heavy atom. The lowest BCUT2D eigenvalue weighted by molar-refractivity contribution is -0.121. The summed E-state index contributed by atoms with van der Waals surface area (Å²) in [6.07, 6.45) is 3.51. The lowest BCUT2D eigenvalue weighted by atomic mass is 9.85. The SMILES string of the molecule is CC(=O)c1ccc(-c2ccnc3cc(-c4ccc(C(C)C(=O)C(C)c5ccc(-c6cc7nccc(-c8ccc(C(C)=O)cc8)c7o6)cc5)cc4)oc23)cc1. The van der Waals surface area contributed by atoms with E-state index in [1.54, 1.807) is 26.2 Å². The van der Waals surface area contributed by atoms with Gasteiger partial charge < -0.3 is 8.83 Å². The van der Waals surface area contributed by atoms with Crippen LogP contribution in [0.3, 0.4) is 0 Å². The molecule has 264 valence electrons. The van der Waals surface area contributed by atoms with E-state index in [2.05, 4.69) is 9.97 Å². The predicted molar refractivity (Wildman–Crippen MR) is 212 cm³/mol. The standard InChI is InChI=1S/C47H36N2O5/c1-27(31-5-17-37(18-6-31)43-25-41-46(53-43)39(21-23-48-41)35-13-9-33(10-14-35)29(3)50)45(52)28(2)32-7-19-38(20-8-32)44-26-42-47(54-44)40(22-24-49-42)36-15-11-34(12-16-36)30(4)51/h5-28H,1-4H3. The highest BCUT2D eigenvalue weighted by molar-refractivity contribution is 5.98. The van der Waals surface area contributed by atoms with Crippen LogP contribution in [0.5, 0.6) is 0 Å². The first-order valence-corrected chi connectivity index (χ1v) is 17.9. The van der Waals surface area contributed by atoms with Crippen LogP contribution in [0, 0.1) is 0 Å². The quantitative estimate of drug-likeness (QED) is 0.130. The molecule has 54 heavy (non-hydrogen) atoms. The van der Waals surface area contributed by atoms with Crippen molar-refractivity contribution < 1.29 is 23.2 Å². The van der Waals surface area contributed by atoms with E-state index in [0.717, 1.165) is 55.5 Å². The maximum absolute atomic E-state index is 13.8. The molecular weight excluding hydrogens is 673 g/mol. The zero-order valence-corrected chi connectivity index (χ0v) is 30.3. The average molecular weight is 709 g/mol. The lowest BCUT2D eigenvalue weighted by Gasteiger charge is -2.17. The number of nitrogens with zero attached hydrogens (tertiary/aromatic N) is 2. The van der Waals surface area contributed by atoms with Crippen molar-refractivity contribution >= 4 is 39.5 Å². The Balaban J connectivity index is 0.972. The van der Waals surface area contributed by atoms with Crippen LogP contribution in [-0.4, -0.2) is 27.3 Å². The predicted octanol–water partition coefficient (Wildman–Crippen LogP) is 11.5. The number of rotatable bonds is 10. The molecule has 0 fully saturated rings. The first-order valence-electron chi connectivity index (χ1n) is 17.9. The molecule has 0 spiro atoms. The van der Waals surface area contributed by atoms with Crippen LogP contribution in [0.4, 0.5) is 0 Å². The molecule has 8 aromatic rings. The monoisotopic (exact) mass is 708 g/mol. The Hall–Kier alpha value is -6.73. The summed E-state index contributed by atoms with van der Waals surface area (Å²) < 4.78 is 12.7. The van der Waals surface area contributed by atoms with Crippen molar-refractivity contribution in [3.05, 3.63) is 156 Å². The molecule has 2 atom stereocenters. The number of fused-ring (bicyclic) bond motifs is 2.